The van der Waals surface area contributed by atoms with E-state index in [2.05, 4.69) is 50.0 Å². The Balaban J connectivity index is 0.00000225. The molecule has 1 saturated heterocycles. The average molecular weight is 215 g/mol. The molecule has 1 fully saturated rings. The summed E-state index contributed by atoms with van der Waals surface area (Å²) in [6.07, 6.45) is 1.25. The van der Waals surface area contributed by atoms with E-state index in [0.29, 0.717) is 12.1 Å². The van der Waals surface area contributed by atoms with Crippen LogP contribution in [0.2, 0.25) is 0 Å². The fourth-order valence-electron chi connectivity index (χ4n) is 2.42. The Morgan fingerprint density at radius 3 is 2.53 bits per heavy atom. The lowest BCUT2D eigenvalue weighted by molar-refractivity contribution is 0.221. The fraction of sp³-hybridized carbons (Fsp3) is 1.00. The lowest BCUT2D eigenvalue weighted by Gasteiger charge is -2.25. The van der Waals surface area contributed by atoms with Crippen LogP contribution in [0.1, 0.15) is 28.6 Å². The van der Waals surface area contributed by atoms with E-state index >= 15 is 0 Å². The van der Waals surface area contributed by atoms with Crippen LogP contribution in [-0.4, -0.2) is 61.7 Å². The molecule has 0 aliphatic carbocycles. The first kappa shape index (κ1) is 12.9. The summed E-state index contributed by atoms with van der Waals surface area (Å²) in [5.74, 6) is 0. The quantitative estimate of drug-likeness (QED) is 0.745. The van der Waals surface area contributed by atoms with Crippen LogP contribution in [-0.2, 0) is 0 Å². The van der Waals surface area contributed by atoms with Crippen LogP contribution >= 0.6 is 0 Å². The van der Waals surface area contributed by atoms with Gasteiger partial charge in [0.05, 0.1) is 0 Å². The van der Waals surface area contributed by atoms with Gasteiger partial charge in [0.15, 0.2) is 0 Å². The lowest BCUT2D eigenvalue weighted by atomic mass is 10.1. The summed E-state index contributed by atoms with van der Waals surface area (Å²) in [6.45, 7) is 10.3. The Hall–Kier alpha value is -0.120. The van der Waals surface area contributed by atoms with Crippen LogP contribution in [0, 0.1) is 0 Å². The molecular weight excluding hydrogens is 186 g/mol. The monoisotopic (exact) mass is 215 g/mol. The molecule has 92 valence electrons. The molecule has 1 N–H and O–H groups in total. The van der Waals surface area contributed by atoms with E-state index in [1.165, 1.54) is 19.5 Å². The summed E-state index contributed by atoms with van der Waals surface area (Å²) in [5.41, 5.74) is 0. The standard InChI is InChI=1S/C12H27N3.H2/c1-6-10(3)15-8-11(13-7-2)12(9-15)14(4)5;/h10-13H,6-9H2,1-5H3;1H/t10?,11-,12+;/m0./s1. The van der Waals surface area contributed by atoms with Crippen molar-refractivity contribution in [1.29, 1.82) is 0 Å². The molecular formula is C12H29N3. The fourth-order valence-corrected chi connectivity index (χ4v) is 2.42. The first-order chi connectivity index (χ1) is 7.10. The van der Waals surface area contributed by atoms with E-state index in [-0.39, 0.29) is 1.43 Å². The Morgan fingerprint density at radius 1 is 1.40 bits per heavy atom. The Labute approximate surface area is 96.3 Å². The van der Waals surface area contributed by atoms with Gasteiger partial charge < -0.3 is 10.2 Å². The van der Waals surface area contributed by atoms with Gasteiger partial charge in [0.25, 0.3) is 0 Å². The van der Waals surface area contributed by atoms with Gasteiger partial charge >= 0.3 is 0 Å². The summed E-state index contributed by atoms with van der Waals surface area (Å²) >= 11 is 0. The number of nitrogens with one attached hydrogen (secondary N) is 1. The Kier molecular flexibility index (Phi) is 5.03. The SMILES string of the molecule is CCN[C@H]1CN(C(C)CC)C[C@H]1N(C)C.[HH]. The van der Waals surface area contributed by atoms with Crippen molar-refractivity contribution in [1.82, 2.24) is 15.1 Å². The van der Waals surface area contributed by atoms with Gasteiger partial charge in [0.1, 0.15) is 0 Å². The molecule has 1 rings (SSSR count). The second-order valence-electron chi connectivity index (χ2n) is 4.91. The molecule has 1 heterocycles. The second kappa shape index (κ2) is 5.83. The van der Waals surface area contributed by atoms with Crippen molar-refractivity contribution in [2.24, 2.45) is 0 Å². The molecule has 0 saturated carbocycles. The highest BCUT2D eigenvalue weighted by Gasteiger charge is 2.34. The molecule has 0 aromatic rings. The van der Waals surface area contributed by atoms with E-state index in [0.717, 1.165) is 12.6 Å². The number of nitrogens with zero attached hydrogens (tertiary/aromatic N) is 2. The van der Waals surface area contributed by atoms with Crippen LogP contribution in [0.15, 0.2) is 0 Å². The molecule has 1 aliphatic heterocycles. The van der Waals surface area contributed by atoms with E-state index in [9.17, 15) is 0 Å². The van der Waals surface area contributed by atoms with E-state index in [4.69, 9.17) is 0 Å². The summed E-state index contributed by atoms with van der Waals surface area (Å²) in [5, 5.41) is 3.60. The summed E-state index contributed by atoms with van der Waals surface area (Å²) in [4.78, 5) is 4.97. The van der Waals surface area contributed by atoms with E-state index in [1.807, 2.05) is 0 Å². The predicted octanol–water partition coefficient (Wildman–Crippen LogP) is 1.25. The minimum absolute atomic E-state index is 0. The van der Waals surface area contributed by atoms with E-state index < -0.39 is 0 Å². The van der Waals surface area contributed by atoms with Crippen molar-refractivity contribution in [2.75, 3.05) is 33.7 Å². The van der Waals surface area contributed by atoms with Crippen molar-refractivity contribution in [3.63, 3.8) is 0 Å². The summed E-state index contributed by atoms with van der Waals surface area (Å²) in [7, 11) is 4.38. The molecule has 0 amide bonds. The molecule has 0 bridgehead atoms. The third-order valence-electron chi connectivity index (χ3n) is 3.66. The van der Waals surface area contributed by atoms with Gasteiger partial charge in [-0.3, -0.25) is 4.90 Å². The topological polar surface area (TPSA) is 18.5 Å². The van der Waals surface area contributed by atoms with Gasteiger partial charge in [-0.1, -0.05) is 13.8 Å². The van der Waals surface area contributed by atoms with E-state index in [1.54, 1.807) is 0 Å². The lowest BCUT2D eigenvalue weighted by Crippen LogP contribution is -2.46. The van der Waals surface area contributed by atoms with Crippen LogP contribution < -0.4 is 5.32 Å². The maximum atomic E-state index is 3.60. The predicted molar refractivity (Wildman–Crippen MR) is 68.4 cm³/mol. The normalized spacial score (nSPS) is 30.0. The van der Waals surface area contributed by atoms with Crippen molar-refractivity contribution < 1.29 is 1.43 Å². The number of rotatable bonds is 5. The molecule has 0 aromatic heterocycles. The van der Waals surface area contributed by atoms with Gasteiger partial charge in [-0.05, 0) is 34.0 Å². The van der Waals surface area contributed by atoms with Crippen molar-refractivity contribution in [3.8, 4) is 0 Å². The largest absolute Gasteiger partial charge is 0.311 e. The van der Waals surface area contributed by atoms with Crippen LogP contribution in [0.3, 0.4) is 0 Å². The number of hydrogen-bond acceptors (Lipinski definition) is 3. The molecule has 0 spiro atoms. The molecule has 3 atom stereocenters. The number of likely N-dealkylation sites (tertiary alicyclic amines) is 1. The first-order valence-electron chi connectivity index (χ1n) is 6.24. The van der Waals surface area contributed by atoms with Crippen molar-refractivity contribution in [3.05, 3.63) is 0 Å². The number of likely N-dealkylation sites (N-methyl/N-ethyl adjacent to an activating group) is 2. The van der Waals surface area contributed by atoms with Gasteiger partial charge in [-0.2, -0.15) is 0 Å². The zero-order chi connectivity index (χ0) is 11.4. The summed E-state index contributed by atoms with van der Waals surface area (Å²) in [6, 6.07) is 2.02. The molecule has 0 aromatic carbocycles. The van der Waals surface area contributed by atoms with Crippen LogP contribution in [0.25, 0.3) is 0 Å². The Bertz CT molecular complexity index is 187. The highest BCUT2D eigenvalue weighted by molar-refractivity contribution is 4.95. The molecule has 1 unspecified atom stereocenters. The second-order valence-corrected chi connectivity index (χ2v) is 4.91. The third kappa shape index (κ3) is 3.16. The summed E-state index contributed by atoms with van der Waals surface area (Å²) < 4.78 is 0. The smallest absolute Gasteiger partial charge is 0.0383 e. The van der Waals surface area contributed by atoms with Crippen molar-refractivity contribution >= 4 is 0 Å². The third-order valence-corrected chi connectivity index (χ3v) is 3.66. The first-order valence-corrected chi connectivity index (χ1v) is 6.24. The Morgan fingerprint density at radius 2 is 2.07 bits per heavy atom. The highest BCUT2D eigenvalue weighted by atomic mass is 15.3. The van der Waals surface area contributed by atoms with Gasteiger partial charge in [-0.15, -0.1) is 0 Å². The minimum Gasteiger partial charge on any atom is -0.311 e. The van der Waals surface area contributed by atoms with Gasteiger partial charge in [0, 0.05) is 32.6 Å². The maximum Gasteiger partial charge on any atom is 0.0383 e. The van der Waals surface area contributed by atoms with Crippen LogP contribution in [0.5, 0.6) is 0 Å². The zero-order valence-corrected chi connectivity index (χ0v) is 11.0. The van der Waals surface area contributed by atoms with Gasteiger partial charge in [0.2, 0.25) is 0 Å². The van der Waals surface area contributed by atoms with Crippen molar-refractivity contribution in [2.45, 2.75) is 45.3 Å². The average Bonchev–Trinajstić information content (AvgIpc) is 2.61. The molecule has 0 radical (unpaired) electrons. The molecule has 3 heteroatoms. The zero-order valence-electron chi connectivity index (χ0n) is 11.0. The number of hydrogen-bond donors (Lipinski definition) is 1. The molecule has 15 heavy (non-hydrogen) atoms. The molecule has 3 nitrogen and oxygen atoms in total. The minimum atomic E-state index is 0. The maximum absolute atomic E-state index is 3.60. The van der Waals surface area contributed by atoms with Crippen LogP contribution in [0.4, 0.5) is 0 Å². The van der Waals surface area contributed by atoms with Gasteiger partial charge in [-0.25, -0.2) is 0 Å². The highest BCUT2D eigenvalue weighted by Crippen LogP contribution is 2.18. The molecule has 1 aliphatic rings.